The molecule has 0 aromatic heterocycles. The van der Waals surface area contributed by atoms with Crippen LogP contribution in [0.5, 0.6) is 5.75 Å². The lowest BCUT2D eigenvalue weighted by Gasteiger charge is -2.10. The van der Waals surface area contributed by atoms with E-state index in [-0.39, 0.29) is 17.0 Å². The van der Waals surface area contributed by atoms with Crippen LogP contribution in [0.3, 0.4) is 0 Å². The standard InChI is InChI=1S/C16H12F3NO3/c1-10(21)23-14-7-5-11(6-8-14)15(22)20-13-4-2-3-12(9-13)16(17,18)19/h2-9H,1H3,(H,20,22). The van der Waals surface area contributed by atoms with E-state index in [1.54, 1.807) is 0 Å². The van der Waals surface area contributed by atoms with Crippen LogP contribution in [0.1, 0.15) is 22.8 Å². The van der Waals surface area contributed by atoms with Crippen molar-refractivity contribution in [3.05, 3.63) is 59.7 Å². The molecular weight excluding hydrogens is 311 g/mol. The van der Waals surface area contributed by atoms with Crippen LogP contribution in [0, 0.1) is 0 Å². The fourth-order valence-corrected chi connectivity index (χ4v) is 1.82. The van der Waals surface area contributed by atoms with Crippen LogP contribution in [-0.2, 0) is 11.0 Å². The van der Waals surface area contributed by atoms with E-state index < -0.39 is 23.6 Å². The number of rotatable bonds is 3. The second-order valence-corrected chi connectivity index (χ2v) is 4.65. The minimum Gasteiger partial charge on any atom is -0.427 e. The third-order valence-corrected chi connectivity index (χ3v) is 2.83. The molecule has 0 aliphatic heterocycles. The van der Waals surface area contributed by atoms with E-state index in [4.69, 9.17) is 4.74 Å². The normalized spacial score (nSPS) is 11.0. The number of nitrogens with one attached hydrogen (secondary N) is 1. The molecule has 0 aliphatic carbocycles. The van der Waals surface area contributed by atoms with Crippen LogP contribution in [0.25, 0.3) is 0 Å². The van der Waals surface area contributed by atoms with Crippen LogP contribution < -0.4 is 10.1 Å². The van der Waals surface area contributed by atoms with E-state index in [2.05, 4.69) is 5.32 Å². The molecule has 2 rings (SSSR count). The molecule has 0 saturated carbocycles. The molecule has 0 radical (unpaired) electrons. The molecule has 0 aliphatic rings. The van der Waals surface area contributed by atoms with Gasteiger partial charge in [-0.1, -0.05) is 6.07 Å². The molecule has 23 heavy (non-hydrogen) atoms. The Bertz CT molecular complexity index is 724. The molecule has 2 aromatic carbocycles. The zero-order chi connectivity index (χ0) is 17.0. The van der Waals surface area contributed by atoms with Gasteiger partial charge in [0.15, 0.2) is 0 Å². The van der Waals surface area contributed by atoms with Crippen molar-refractivity contribution in [1.29, 1.82) is 0 Å². The number of ether oxygens (including phenoxy) is 1. The number of esters is 1. The van der Waals surface area contributed by atoms with Gasteiger partial charge in [0.1, 0.15) is 5.75 Å². The highest BCUT2D eigenvalue weighted by Gasteiger charge is 2.30. The minimum atomic E-state index is -4.48. The van der Waals surface area contributed by atoms with Crippen LogP contribution in [0.4, 0.5) is 18.9 Å². The Morgan fingerprint density at radius 3 is 2.26 bits per heavy atom. The van der Waals surface area contributed by atoms with Gasteiger partial charge in [-0.05, 0) is 42.5 Å². The summed E-state index contributed by atoms with van der Waals surface area (Å²) in [5.74, 6) is -0.794. The highest BCUT2D eigenvalue weighted by Crippen LogP contribution is 2.30. The summed E-state index contributed by atoms with van der Waals surface area (Å²) in [5, 5.41) is 2.38. The van der Waals surface area contributed by atoms with Gasteiger partial charge in [-0.15, -0.1) is 0 Å². The van der Waals surface area contributed by atoms with Gasteiger partial charge in [-0.3, -0.25) is 9.59 Å². The molecule has 0 unspecified atom stereocenters. The third-order valence-electron chi connectivity index (χ3n) is 2.83. The Kier molecular flexibility index (Phi) is 4.68. The first-order valence-electron chi connectivity index (χ1n) is 6.53. The van der Waals surface area contributed by atoms with Gasteiger partial charge in [-0.2, -0.15) is 13.2 Å². The maximum absolute atomic E-state index is 12.6. The fourth-order valence-electron chi connectivity index (χ4n) is 1.82. The predicted octanol–water partition coefficient (Wildman–Crippen LogP) is 3.88. The Balaban J connectivity index is 2.11. The highest BCUT2D eigenvalue weighted by molar-refractivity contribution is 6.04. The number of alkyl halides is 3. The monoisotopic (exact) mass is 323 g/mol. The average molecular weight is 323 g/mol. The predicted molar refractivity (Wildman–Crippen MR) is 77.1 cm³/mol. The topological polar surface area (TPSA) is 55.4 Å². The molecule has 1 N–H and O–H groups in total. The van der Waals surface area contributed by atoms with Gasteiger partial charge in [0.25, 0.3) is 5.91 Å². The molecule has 4 nitrogen and oxygen atoms in total. The number of carbonyl (C=O) groups excluding carboxylic acids is 2. The van der Waals surface area contributed by atoms with Crippen molar-refractivity contribution < 1.29 is 27.5 Å². The second-order valence-electron chi connectivity index (χ2n) is 4.65. The summed E-state index contributed by atoms with van der Waals surface area (Å²) in [6.07, 6.45) is -4.48. The van der Waals surface area contributed by atoms with Gasteiger partial charge >= 0.3 is 12.1 Å². The number of benzene rings is 2. The molecule has 0 saturated heterocycles. The van der Waals surface area contributed by atoms with Gasteiger partial charge in [0.05, 0.1) is 5.56 Å². The quantitative estimate of drug-likeness (QED) is 0.689. The van der Waals surface area contributed by atoms with E-state index in [9.17, 15) is 22.8 Å². The summed E-state index contributed by atoms with van der Waals surface area (Å²) in [6, 6.07) is 9.99. The van der Waals surface area contributed by atoms with Gasteiger partial charge < -0.3 is 10.1 Å². The van der Waals surface area contributed by atoms with E-state index in [0.717, 1.165) is 12.1 Å². The lowest BCUT2D eigenvalue weighted by Crippen LogP contribution is -2.13. The van der Waals surface area contributed by atoms with Crippen molar-refractivity contribution in [3.63, 3.8) is 0 Å². The van der Waals surface area contributed by atoms with E-state index in [0.29, 0.717) is 0 Å². The third kappa shape index (κ3) is 4.57. The van der Waals surface area contributed by atoms with Gasteiger partial charge in [-0.25, -0.2) is 0 Å². The van der Waals surface area contributed by atoms with Crippen molar-refractivity contribution in [3.8, 4) is 5.75 Å². The second kappa shape index (κ2) is 6.51. The van der Waals surface area contributed by atoms with Crippen molar-refractivity contribution >= 4 is 17.6 Å². The van der Waals surface area contributed by atoms with Gasteiger partial charge in [0, 0.05) is 18.2 Å². The maximum Gasteiger partial charge on any atom is 0.416 e. The summed E-state index contributed by atoms with van der Waals surface area (Å²) in [4.78, 5) is 22.8. The van der Waals surface area contributed by atoms with Crippen LogP contribution in [-0.4, -0.2) is 11.9 Å². The molecule has 0 heterocycles. The van der Waals surface area contributed by atoms with E-state index in [1.165, 1.54) is 43.3 Å². The number of anilines is 1. The summed E-state index contributed by atoms with van der Waals surface area (Å²) in [6.45, 7) is 1.24. The first-order chi connectivity index (χ1) is 10.8. The lowest BCUT2D eigenvalue weighted by molar-refractivity contribution is -0.137. The molecule has 0 atom stereocenters. The molecule has 120 valence electrons. The van der Waals surface area contributed by atoms with Crippen LogP contribution in [0.2, 0.25) is 0 Å². The molecule has 0 bridgehead atoms. The SMILES string of the molecule is CC(=O)Oc1ccc(C(=O)Nc2cccc(C(F)(F)F)c2)cc1. The Labute approximate surface area is 129 Å². The number of amides is 1. The summed E-state index contributed by atoms with van der Waals surface area (Å²) < 4.78 is 42.7. The summed E-state index contributed by atoms with van der Waals surface area (Å²) in [5.41, 5.74) is -0.590. The van der Waals surface area contributed by atoms with Crippen LogP contribution >= 0.6 is 0 Å². The van der Waals surface area contributed by atoms with Crippen LogP contribution in [0.15, 0.2) is 48.5 Å². The van der Waals surface area contributed by atoms with Gasteiger partial charge in [0.2, 0.25) is 0 Å². The maximum atomic E-state index is 12.6. The molecule has 1 amide bonds. The zero-order valence-electron chi connectivity index (χ0n) is 12.0. The molecule has 2 aromatic rings. The van der Waals surface area contributed by atoms with E-state index in [1.807, 2.05) is 0 Å². The smallest absolute Gasteiger partial charge is 0.416 e. The zero-order valence-corrected chi connectivity index (χ0v) is 12.0. The number of halogens is 3. The first-order valence-corrected chi connectivity index (χ1v) is 6.53. The number of hydrogen-bond donors (Lipinski definition) is 1. The number of hydrogen-bond acceptors (Lipinski definition) is 3. The first kappa shape index (κ1) is 16.5. The Hall–Kier alpha value is -2.83. The lowest BCUT2D eigenvalue weighted by atomic mass is 10.1. The Morgan fingerprint density at radius 2 is 1.70 bits per heavy atom. The molecular formula is C16H12F3NO3. The minimum absolute atomic E-state index is 0.0360. The number of carbonyl (C=O) groups is 2. The van der Waals surface area contributed by atoms with E-state index >= 15 is 0 Å². The average Bonchev–Trinajstić information content (AvgIpc) is 2.46. The van der Waals surface area contributed by atoms with Crippen molar-refractivity contribution in [2.45, 2.75) is 13.1 Å². The largest absolute Gasteiger partial charge is 0.427 e. The molecule has 7 heteroatoms. The highest BCUT2D eigenvalue weighted by atomic mass is 19.4. The van der Waals surface area contributed by atoms with Crippen molar-refractivity contribution in [2.24, 2.45) is 0 Å². The molecule has 0 spiro atoms. The molecule has 0 fully saturated rings. The Morgan fingerprint density at radius 1 is 1.04 bits per heavy atom. The summed E-state index contributed by atoms with van der Waals surface area (Å²) >= 11 is 0. The van der Waals surface area contributed by atoms with Crippen molar-refractivity contribution in [2.75, 3.05) is 5.32 Å². The van der Waals surface area contributed by atoms with Crippen molar-refractivity contribution in [1.82, 2.24) is 0 Å². The summed E-state index contributed by atoms with van der Waals surface area (Å²) in [7, 11) is 0. The fraction of sp³-hybridized carbons (Fsp3) is 0.125.